The van der Waals surface area contributed by atoms with Gasteiger partial charge in [0.15, 0.2) is 0 Å². The van der Waals surface area contributed by atoms with E-state index in [1.165, 1.54) is 28.6 Å². The molecule has 3 rings (SSSR count). The van der Waals surface area contributed by atoms with Gasteiger partial charge in [0.05, 0.1) is 0 Å². The number of aromatic nitrogens is 1. The van der Waals surface area contributed by atoms with Crippen LogP contribution in [0.15, 0.2) is 54.7 Å². The average molecular weight is 358 g/mol. The molecule has 0 unspecified atom stereocenters. The maximum Gasteiger partial charge on any atom is 0.414 e. The van der Waals surface area contributed by atoms with Crippen molar-refractivity contribution >= 4 is 22.8 Å². The summed E-state index contributed by atoms with van der Waals surface area (Å²) in [5.41, 5.74) is 3.61. The molecule has 2 aromatic carbocycles. The molecule has 0 fully saturated rings. The molecule has 0 aliphatic rings. The van der Waals surface area contributed by atoms with E-state index in [2.05, 4.69) is 34.7 Å². The van der Waals surface area contributed by atoms with Crippen molar-refractivity contribution in [3.05, 3.63) is 71.7 Å². The zero-order valence-electron chi connectivity index (χ0n) is 13.9. The van der Waals surface area contributed by atoms with Gasteiger partial charge in [-0.2, -0.15) is 0 Å². The van der Waals surface area contributed by atoms with Gasteiger partial charge < -0.3 is 20.5 Å². The Labute approximate surface area is 149 Å². The molecule has 26 heavy (non-hydrogen) atoms. The highest BCUT2D eigenvalue weighted by Crippen LogP contribution is 2.17. The molecule has 0 saturated carbocycles. The van der Waals surface area contributed by atoms with Gasteiger partial charge in [-0.15, -0.1) is 0 Å². The maximum absolute atomic E-state index is 12.8. The van der Waals surface area contributed by atoms with E-state index in [0.29, 0.717) is 0 Å². The zero-order chi connectivity index (χ0) is 18.9. The lowest BCUT2D eigenvalue weighted by molar-refractivity contribution is -0.159. The first-order valence-electron chi connectivity index (χ1n) is 7.93. The smallest absolute Gasteiger partial charge is 0.414 e. The van der Waals surface area contributed by atoms with Crippen LogP contribution in [0.2, 0.25) is 0 Å². The summed E-state index contributed by atoms with van der Waals surface area (Å²) in [5, 5.41) is 19.5. The van der Waals surface area contributed by atoms with Crippen molar-refractivity contribution in [2.45, 2.75) is 13.0 Å². The summed E-state index contributed by atoms with van der Waals surface area (Å²) in [6.07, 6.45) is 3.05. The van der Waals surface area contributed by atoms with Gasteiger partial charge in [-0.05, 0) is 42.3 Å². The normalized spacial score (nSPS) is 10.2. The summed E-state index contributed by atoms with van der Waals surface area (Å²) in [4.78, 5) is 21.5. The third-order valence-electron chi connectivity index (χ3n) is 3.67. The van der Waals surface area contributed by atoms with Gasteiger partial charge in [0, 0.05) is 23.6 Å². The van der Waals surface area contributed by atoms with Gasteiger partial charge in [-0.25, -0.2) is 14.0 Å². The van der Waals surface area contributed by atoms with Crippen LogP contribution >= 0.6 is 0 Å². The minimum Gasteiger partial charge on any atom is -0.473 e. The number of carboxylic acid groups (broad SMARTS) is 2. The number of aliphatic carboxylic acids is 2. The summed E-state index contributed by atoms with van der Waals surface area (Å²) < 4.78 is 12.8. The molecule has 1 heterocycles. The summed E-state index contributed by atoms with van der Waals surface area (Å²) in [7, 11) is 0. The Balaban J connectivity index is 0.000000352. The van der Waals surface area contributed by atoms with Crippen LogP contribution in [0.3, 0.4) is 0 Å². The molecule has 0 aliphatic heterocycles. The van der Waals surface area contributed by atoms with Crippen LogP contribution < -0.4 is 5.32 Å². The van der Waals surface area contributed by atoms with Crippen LogP contribution in [0.1, 0.15) is 11.1 Å². The fourth-order valence-corrected chi connectivity index (χ4v) is 2.40. The van der Waals surface area contributed by atoms with Crippen LogP contribution in [-0.2, 0) is 22.6 Å². The van der Waals surface area contributed by atoms with Gasteiger partial charge in [-0.1, -0.05) is 30.3 Å². The zero-order valence-corrected chi connectivity index (χ0v) is 13.9. The number of para-hydroxylation sites is 1. The fourth-order valence-electron chi connectivity index (χ4n) is 2.40. The standard InChI is InChI=1S/C17H17FN2.C2H2O4/c18-15-7-5-13(6-8-15)11-19-10-9-14-12-20-17-4-2-1-3-16(14)17;3-1(4)2(5)6/h1-8,12,19-20H,9-11H2;(H,3,4)(H,5,6). The molecular formula is C19H19FN2O4. The van der Waals surface area contributed by atoms with E-state index in [0.717, 1.165) is 25.1 Å². The number of carboxylic acids is 2. The third kappa shape index (κ3) is 5.71. The van der Waals surface area contributed by atoms with E-state index in [1.54, 1.807) is 0 Å². The summed E-state index contributed by atoms with van der Waals surface area (Å²) in [5.74, 6) is -3.84. The maximum atomic E-state index is 12.8. The molecule has 6 nitrogen and oxygen atoms in total. The second-order valence-corrected chi connectivity index (χ2v) is 5.52. The number of aromatic amines is 1. The van der Waals surface area contributed by atoms with Crippen molar-refractivity contribution in [2.75, 3.05) is 6.54 Å². The van der Waals surface area contributed by atoms with Crippen molar-refractivity contribution in [3.8, 4) is 0 Å². The van der Waals surface area contributed by atoms with Crippen LogP contribution in [0.25, 0.3) is 10.9 Å². The molecule has 136 valence electrons. The van der Waals surface area contributed by atoms with E-state index in [4.69, 9.17) is 19.8 Å². The van der Waals surface area contributed by atoms with Gasteiger partial charge in [-0.3, -0.25) is 0 Å². The topological polar surface area (TPSA) is 102 Å². The number of hydrogen-bond acceptors (Lipinski definition) is 3. The highest BCUT2D eigenvalue weighted by atomic mass is 19.1. The highest BCUT2D eigenvalue weighted by molar-refractivity contribution is 6.27. The number of benzene rings is 2. The van der Waals surface area contributed by atoms with Crippen LogP contribution in [0.4, 0.5) is 4.39 Å². The van der Waals surface area contributed by atoms with Crippen LogP contribution in [0.5, 0.6) is 0 Å². The summed E-state index contributed by atoms with van der Waals surface area (Å²) in [6.45, 7) is 1.67. The SMILES string of the molecule is Fc1ccc(CNCCc2c[nH]c3ccccc23)cc1.O=C(O)C(=O)O. The van der Waals surface area contributed by atoms with E-state index >= 15 is 0 Å². The first-order chi connectivity index (χ1) is 12.5. The third-order valence-corrected chi connectivity index (χ3v) is 3.67. The van der Waals surface area contributed by atoms with Gasteiger partial charge >= 0.3 is 11.9 Å². The average Bonchev–Trinajstić information content (AvgIpc) is 3.04. The van der Waals surface area contributed by atoms with E-state index in [9.17, 15) is 4.39 Å². The number of hydrogen-bond donors (Lipinski definition) is 4. The summed E-state index contributed by atoms with van der Waals surface area (Å²) in [6, 6.07) is 14.9. The number of carbonyl (C=O) groups is 2. The Kier molecular flexibility index (Phi) is 6.87. The van der Waals surface area contributed by atoms with Gasteiger partial charge in [0.2, 0.25) is 0 Å². The van der Waals surface area contributed by atoms with Crippen molar-refractivity contribution < 1.29 is 24.2 Å². The number of H-pyrrole nitrogens is 1. The Morgan fingerprint density at radius 3 is 2.31 bits per heavy atom. The van der Waals surface area contributed by atoms with E-state index < -0.39 is 11.9 Å². The molecule has 0 amide bonds. The minimum atomic E-state index is -1.82. The van der Waals surface area contributed by atoms with Crippen molar-refractivity contribution in [1.29, 1.82) is 0 Å². The van der Waals surface area contributed by atoms with E-state index in [1.807, 2.05) is 18.2 Å². The molecule has 7 heteroatoms. The predicted octanol–water partition coefficient (Wildman–Crippen LogP) is 2.79. The van der Waals surface area contributed by atoms with E-state index in [-0.39, 0.29) is 5.82 Å². The van der Waals surface area contributed by atoms with Gasteiger partial charge in [0.1, 0.15) is 5.82 Å². The highest BCUT2D eigenvalue weighted by Gasteiger charge is 2.04. The molecule has 1 aromatic heterocycles. The lowest BCUT2D eigenvalue weighted by Crippen LogP contribution is -2.16. The number of nitrogens with one attached hydrogen (secondary N) is 2. The Morgan fingerprint density at radius 2 is 1.65 bits per heavy atom. The lowest BCUT2D eigenvalue weighted by atomic mass is 10.1. The van der Waals surface area contributed by atoms with Crippen LogP contribution in [0, 0.1) is 5.82 Å². The van der Waals surface area contributed by atoms with Gasteiger partial charge in [0.25, 0.3) is 0 Å². The molecular weight excluding hydrogens is 339 g/mol. The minimum absolute atomic E-state index is 0.187. The Morgan fingerprint density at radius 1 is 1.00 bits per heavy atom. The van der Waals surface area contributed by atoms with Crippen LogP contribution in [-0.4, -0.2) is 33.7 Å². The first kappa shape index (κ1) is 19.1. The predicted molar refractivity (Wildman–Crippen MR) is 95.4 cm³/mol. The van der Waals surface area contributed by atoms with Crippen molar-refractivity contribution in [3.63, 3.8) is 0 Å². The second-order valence-electron chi connectivity index (χ2n) is 5.52. The fraction of sp³-hybridized carbons (Fsp3) is 0.158. The largest absolute Gasteiger partial charge is 0.473 e. The number of fused-ring (bicyclic) bond motifs is 1. The monoisotopic (exact) mass is 358 g/mol. The molecule has 4 N–H and O–H groups in total. The molecule has 0 atom stereocenters. The van der Waals surface area contributed by atoms with Crippen molar-refractivity contribution in [1.82, 2.24) is 10.3 Å². The molecule has 0 radical (unpaired) electrons. The number of halogens is 1. The van der Waals surface area contributed by atoms with Crippen molar-refractivity contribution in [2.24, 2.45) is 0 Å². The summed E-state index contributed by atoms with van der Waals surface area (Å²) >= 11 is 0. The molecule has 0 bridgehead atoms. The molecule has 0 aliphatic carbocycles. The second kappa shape index (κ2) is 9.33. The lowest BCUT2D eigenvalue weighted by Gasteiger charge is -2.04. The number of rotatable bonds is 5. The Bertz CT molecular complexity index is 863. The molecule has 0 spiro atoms. The first-order valence-corrected chi connectivity index (χ1v) is 7.93. The Hall–Kier alpha value is -3.19. The molecule has 3 aromatic rings. The quantitative estimate of drug-likeness (QED) is 0.415. The molecule has 0 saturated heterocycles.